The van der Waals surface area contributed by atoms with Crippen molar-refractivity contribution >= 4 is 32.2 Å². The van der Waals surface area contributed by atoms with Gasteiger partial charge in [0, 0.05) is 5.69 Å². The number of nitrogens with one attached hydrogen (secondary N) is 1. The van der Waals surface area contributed by atoms with Gasteiger partial charge in [0.2, 0.25) is 0 Å². The number of benzene rings is 1. The van der Waals surface area contributed by atoms with Crippen molar-refractivity contribution in [3.8, 4) is 5.75 Å². The number of anilines is 2. The Morgan fingerprint density at radius 3 is 2.43 bits per heavy atom. The Morgan fingerprint density at radius 1 is 1.33 bits per heavy atom. The number of hydrogen-bond acceptors (Lipinski definition) is 6. The van der Waals surface area contributed by atoms with Gasteiger partial charge in [0.05, 0.1) is 5.69 Å². The number of nitrogen functional groups attached to an aromatic ring is 1. The Hall–Kier alpha value is -1.94. The molecule has 114 valence electrons. The number of halogens is 2. The molecule has 6 nitrogen and oxygen atoms in total. The van der Waals surface area contributed by atoms with Crippen LogP contribution in [0.3, 0.4) is 0 Å². The number of sulfonamides is 1. The van der Waals surface area contributed by atoms with Gasteiger partial charge in [-0.3, -0.25) is 4.72 Å². The summed E-state index contributed by atoms with van der Waals surface area (Å²) >= 11 is 0.844. The summed E-state index contributed by atoms with van der Waals surface area (Å²) in [7, 11) is -3.82. The molecular formula is C11H11F2N3O3S2. The van der Waals surface area contributed by atoms with E-state index in [9.17, 15) is 17.2 Å². The Bertz CT molecular complexity index is 730. The number of ether oxygens (including phenoxy) is 1. The Balaban J connectivity index is 2.19. The second kappa shape index (κ2) is 5.82. The highest BCUT2D eigenvalue weighted by Gasteiger charge is 2.21. The molecule has 0 spiro atoms. The van der Waals surface area contributed by atoms with Crippen molar-refractivity contribution in [1.29, 1.82) is 0 Å². The molecule has 0 bridgehead atoms. The van der Waals surface area contributed by atoms with Gasteiger partial charge < -0.3 is 10.5 Å². The van der Waals surface area contributed by atoms with Crippen LogP contribution in [0.1, 0.15) is 5.69 Å². The third kappa shape index (κ3) is 3.79. The molecule has 0 saturated carbocycles. The van der Waals surface area contributed by atoms with Gasteiger partial charge in [0.25, 0.3) is 10.0 Å². The second-order valence-corrected chi connectivity index (χ2v) is 6.84. The highest BCUT2D eigenvalue weighted by Crippen LogP contribution is 2.27. The zero-order valence-electron chi connectivity index (χ0n) is 10.7. The molecule has 0 fully saturated rings. The minimum absolute atomic E-state index is 0.00732. The lowest BCUT2D eigenvalue weighted by Crippen LogP contribution is -2.12. The topological polar surface area (TPSA) is 94.3 Å². The summed E-state index contributed by atoms with van der Waals surface area (Å²) < 4.78 is 54.8. The van der Waals surface area contributed by atoms with Crippen LogP contribution in [0.25, 0.3) is 0 Å². The number of rotatable bonds is 5. The average Bonchev–Trinajstić information content (AvgIpc) is 2.71. The maximum Gasteiger partial charge on any atom is 0.387 e. The van der Waals surface area contributed by atoms with Crippen LogP contribution in [0.4, 0.5) is 19.6 Å². The van der Waals surface area contributed by atoms with E-state index in [0.717, 1.165) is 11.3 Å². The molecule has 2 rings (SSSR count). The number of aromatic nitrogens is 1. The van der Waals surface area contributed by atoms with E-state index in [1.165, 1.54) is 31.2 Å². The molecule has 1 aromatic carbocycles. The first kappa shape index (κ1) is 15.4. The molecule has 0 amide bonds. The first-order valence-electron chi connectivity index (χ1n) is 5.58. The molecule has 0 atom stereocenters. The molecular weight excluding hydrogens is 324 g/mol. The highest BCUT2D eigenvalue weighted by molar-refractivity contribution is 7.94. The molecule has 0 unspecified atom stereocenters. The fourth-order valence-electron chi connectivity index (χ4n) is 1.56. The molecule has 0 aliphatic heterocycles. The zero-order valence-corrected chi connectivity index (χ0v) is 12.3. The summed E-state index contributed by atoms with van der Waals surface area (Å²) in [6.45, 7) is -1.41. The van der Waals surface area contributed by atoms with Gasteiger partial charge >= 0.3 is 6.61 Å². The fraction of sp³-hybridized carbons (Fsp3) is 0.182. The third-order valence-electron chi connectivity index (χ3n) is 2.35. The SMILES string of the molecule is Cc1nc(N)sc1S(=O)(=O)Nc1ccc(OC(F)F)cc1. The van der Waals surface area contributed by atoms with Crippen LogP contribution in [-0.2, 0) is 10.0 Å². The summed E-state index contributed by atoms with van der Waals surface area (Å²) in [6.07, 6.45) is 0. The molecule has 1 heterocycles. The first-order chi connectivity index (χ1) is 9.78. The molecule has 2 aromatic rings. The number of nitrogens with two attached hydrogens (primary N) is 1. The summed E-state index contributed by atoms with van der Waals surface area (Å²) in [6, 6.07) is 5.10. The summed E-state index contributed by atoms with van der Waals surface area (Å²) in [4.78, 5) is 3.84. The lowest BCUT2D eigenvalue weighted by atomic mass is 10.3. The molecule has 0 radical (unpaired) electrons. The monoisotopic (exact) mass is 335 g/mol. The standard InChI is InChI=1S/C11H11F2N3O3S2/c1-6-9(20-11(14)15-6)21(17,18)16-7-2-4-8(5-3-7)19-10(12)13/h2-5,10,16H,1H3,(H2,14,15). The maximum atomic E-state index is 12.2. The molecule has 10 heteroatoms. The van der Waals surface area contributed by atoms with Crippen molar-refractivity contribution in [2.45, 2.75) is 17.7 Å². The first-order valence-corrected chi connectivity index (χ1v) is 7.88. The van der Waals surface area contributed by atoms with Crippen molar-refractivity contribution in [2.24, 2.45) is 0 Å². The van der Waals surface area contributed by atoms with Crippen LogP contribution in [0.15, 0.2) is 28.5 Å². The third-order valence-corrected chi connectivity index (χ3v) is 5.32. The van der Waals surface area contributed by atoms with E-state index >= 15 is 0 Å². The predicted octanol–water partition coefficient (Wildman–Crippen LogP) is 2.44. The van der Waals surface area contributed by atoms with E-state index in [0.29, 0.717) is 5.69 Å². The van der Waals surface area contributed by atoms with Crippen molar-refractivity contribution in [3.05, 3.63) is 30.0 Å². The van der Waals surface area contributed by atoms with E-state index in [1.807, 2.05) is 0 Å². The van der Waals surface area contributed by atoms with E-state index in [2.05, 4.69) is 14.4 Å². The quantitative estimate of drug-likeness (QED) is 0.875. The van der Waals surface area contributed by atoms with Gasteiger partial charge in [-0.1, -0.05) is 11.3 Å². The molecule has 0 saturated heterocycles. The predicted molar refractivity (Wildman–Crippen MR) is 75.1 cm³/mol. The largest absolute Gasteiger partial charge is 0.435 e. The van der Waals surface area contributed by atoms with Gasteiger partial charge in [0.1, 0.15) is 5.75 Å². The van der Waals surface area contributed by atoms with Crippen molar-refractivity contribution in [2.75, 3.05) is 10.5 Å². The van der Waals surface area contributed by atoms with Gasteiger partial charge in [-0.2, -0.15) is 8.78 Å². The number of alkyl halides is 2. The minimum Gasteiger partial charge on any atom is -0.435 e. The number of thiazole rings is 1. The summed E-state index contributed by atoms with van der Waals surface area (Å²) in [5.74, 6) is -0.0637. The summed E-state index contributed by atoms with van der Waals surface area (Å²) in [5, 5.41) is 0.147. The number of aryl methyl sites for hydroxylation is 1. The van der Waals surface area contributed by atoms with Gasteiger partial charge in [0.15, 0.2) is 9.34 Å². The fourth-order valence-corrected chi connectivity index (χ4v) is 3.92. The minimum atomic E-state index is -3.82. The van der Waals surface area contributed by atoms with E-state index in [-0.39, 0.29) is 20.8 Å². The van der Waals surface area contributed by atoms with Crippen LogP contribution in [0, 0.1) is 6.92 Å². The van der Waals surface area contributed by atoms with Crippen molar-refractivity contribution < 1.29 is 21.9 Å². The lowest BCUT2D eigenvalue weighted by Gasteiger charge is -2.08. The van der Waals surface area contributed by atoms with Gasteiger partial charge in [-0.05, 0) is 31.2 Å². The van der Waals surface area contributed by atoms with Crippen LogP contribution in [-0.4, -0.2) is 20.0 Å². The van der Waals surface area contributed by atoms with Crippen molar-refractivity contribution in [1.82, 2.24) is 4.98 Å². The number of nitrogens with zero attached hydrogens (tertiary/aromatic N) is 1. The van der Waals surface area contributed by atoms with Crippen LogP contribution < -0.4 is 15.2 Å². The Labute approximate surface area is 123 Å². The Kier molecular flexibility index (Phi) is 4.28. The van der Waals surface area contributed by atoms with Crippen LogP contribution in [0.5, 0.6) is 5.75 Å². The highest BCUT2D eigenvalue weighted by atomic mass is 32.2. The lowest BCUT2D eigenvalue weighted by molar-refractivity contribution is -0.0498. The Morgan fingerprint density at radius 2 is 1.95 bits per heavy atom. The number of hydrogen-bond donors (Lipinski definition) is 2. The van der Waals surface area contributed by atoms with Crippen LogP contribution >= 0.6 is 11.3 Å². The molecule has 1 aromatic heterocycles. The van der Waals surface area contributed by atoms with Gasteiger partial charge in [-0.15, -0.1) is 0 Å². The molecule has 0 aliphatic rings. The van der Waals surface area contributed by atoms with E-state index in [4.69, 9.17) is 5.73 Å². The molecule has 3 N–H and O–H groups in total. The second-order valence-electron chi connectivity index (χ2n) is 3.93. The average molecular weight is 335 g/mol. The maximum absolute atomic E-state index is 12.2. The zero-order chi connectivity index (χ0) is 15.6. The van der Waals surface area contributed by atoms with Crippen LogP contribution in [0.2, 0.25) is 0 Å². The molecule has 0 aliphatic carbocycles. The normalized spacial score (nSPS) is 11.6. The van der Waals surface area contributed by atoms with Gasteiger partial charge in [-0.25, -0.2) is 13.4 Å². The van der Waals surface area contributed by atoms with E-state index in [1.54, 1.807) is 0 Å². The molecule has 21 heavy (non-hydrogen) atoms. The summed E-state index contributed by atoms with van der Waals surface area (Å²) in [5.41, 5.74) is 5.97. The van der Waals surface area contributed by atoms with E-state index < -0.39 is 16.6 Å². The smallest absolute Gasteiger partial charge is 0.387 e. The van der Waals surface area contributed by atoms with Crippen molar-refractivity contribution in [3.63, 3.8) is 0 Å².